The first-order valence-electron chi connectivity index (χ1n) is 7.86. The SMILES string of the molecule is CCN(CC)CCCN(CC)Cc1ccc(C#CCO)s1. The first-order chi connectivity index (χ1) is 10.2. The molecule has 0 fully saturated rings. The molecule has 0 aliphatic heterocycles. The van der Waals surface area contributed by atoms with E-state index in [9.17, 15) is 0 Å². The summed E-state index contributed by atoms with van der Waals surface area (Å²) in [6.07, 6.45) is 1.22. The fourth-order valence-corrected chi connectivity index (χ4v) is 3.21. The molecule has 118 valence electrons. The van der Waals surface area contributed by atoms with Crippen LogP contribution in [0.5, 0.6) is 0 Å². The van der Waals surface area contributed by atoms with Crippen LogP contribution in [0.15, 0.2) is 12.1 Å². The minimum Gasteiger partial charge on any atom is -0.384 e. The Hall–Kier alpha value is -0.860. The predicted octanol–water partition coefficient (Wildman–Crippen LogP) is 2.65. The highest BCUT2D eigenvalue weighted by Crippen LogP contribution is 2.17. The second kappa shape index (κ2) is 10.8. The largest absolute Gasteiger partial charge is 0.384 e. The van der Waals surface area contributed by atoms with Crippen LogP contribution in [0, 0.1) is 11.8 Å². The van der Waals surface area contributed by atoms with Crippen molar-refractivity contribution in [3.05, 3.63) is 21.9 Å². The first-order valence-corrected chi connectivity index (χ1v) is 8.68. The molecule has 1 N–H and O–H groups in total. The Labute approximate surface area is 133 Å². The molecular formula is C17H28N2OS. The molecule has 1 rings (SSSR count). The molecule has 3 nitrogen and oxygen atoms in total. The van der Waals surface area contributed by atoms with Gasteiger partial charge in [0.2, 0.25) is 0 Å². The predicted molar refractivity (Wildman–Crippen MR) is 91.6 cm³/mol. The smallest absolute Gasteiger partial charge is 0.104 e. The van der Waals surface area contributed by atoms with Crippen LogP contribution in [0.2, 0.25) is 0 Å². The number of thiophene rings is 1. The molecule has 0 spiro atoms. The zero-order valence-electron chi connectivity index (χ0n) is 13.6. The minimum atomic E-state index is -0.0698. The fourth-order valence-electron chi connectivity index (χ4n) is 2.28. The number of aliphatic hydroxyl groups is 1. The standard InChI is InChI=1S/C17H28N2OS/c1-4-18(5-2)12-8-13-19(6-3)15-17-11-10-16(21-17)9-7-14-20/h10-11,20H,4-6,8,12-15H2,1-3H3. The third-order valence-corrected chi connectivity index (χ3v) is 4.61. The fraction of sp³-hybridized carbons (Fsp3) is 0.647. The summed E-state index contributed by atoms with van der Waals surface area (Å²) >= 11 is 1.73. The average Bonchev–Trinajstić information content (AvgIpc) is 2.95. The van der Waals surface area contributed by atoms with E-state index in [0.29, 0.717) is 0 Å². The second-order valence-corrected chi connectivity index (χ2v) is 6.14. The van der Waals surface area contributed by atoms with Gasteiger partial charge in [-0.15, -0.1) is 11.3 Å². The van der Waals surface area contributed by atoms with Gasteiger partial charge < -0.3 is 10.0 Å². The Bertz CT molecular complexity index is 443. The number of nitrogens with zero attached hydrogens (tertiary/aromatic N) is 2. The van der Waals surface area contributed by atoms with Gasteiger partial charge in [-0.1, -0.05) is 32.6 Å². The molecule has 21 heavy (non-hydrogen) atoms. The molecule has 0 bridgehead atoms. The maximum atomic E-state index is 8.72. The molecule has 1 aromatic heterocycles. The van der Waals surface area contributed by atoms with Crippen molar-refractivity contribution in [1.82, 2.24) is 9.80 Å². The third-order valence-electron chi connectivity index (χ3n) is 3.62. The van der Waals surface area contributed by atoms with Gasteiger partial charge in [-0.25, -0.2) is 0 Å². The minimum absolute atomic E-state index is 0.0698. The zero-order chi connectivity index (χ0) is 15.5. The van der Waals surface area contributed by atoms with E-state index >= 15 is 0 Å². The van der Waals surface area contributed by atoms with E-state index in [2.05, 4.69) is 48.5 Å². The van der Waals surface area contributed by atoms with E-state index in [1.807, 2.05) is 6.07 Å². The Morgan fingerprint density at radius 3 is 2.33 bits per heavy atom. The summed E-state index contributed by atoms with van der Waals surface area (Å²) in [5.74, 6) is 5.67. The summed E-state index contributed by atoms with van der Waals surface area (Å²) in [5.41, 5.74) is 0. The lowest BCUT2D eigenvalue weighted by Crippen LogP contribution is -2.29. The molecule has 0 aromatic carbocycles. The topological polar surface area (TPSA) is 26.7 Å². The quantitative estimate of drug-likeness (QED) is 0.711. The van der Waals surface area contributed by atoms with Gasteiger partial charge in [0.15, 0.2) is 0 Å². The van der Waals surface area contributed by atoms with Gasteiger partial charge in [0.05, 0.1) is 4.88 Å². The molecule has 0 saturated carbocycles. The lowest BCUT2D eigenvalue weighted by Gasteiger charge is -2.22. The molecule has 0 radical (unpaired) electrons. The Morgan fingerprint density at radius 1 is 1.05 bits per heavy atom. The molecule has 4 heteroatoms. The van der Waals surface area contributed by atoms with E-state index in [1.165, 1.54) is 17.8 Å². The lowest BCUT2D eigenvalue weighted by molar-refractivity contribution is 0.240. The van der Waals surface area contributed by atoms with Crippen LogP contribution in [-0.2, 0) is 6.54 Å². The lowest BCUT2D eigenvalue weighted by atomic mass is 10.3. The molecule has 0 unspecified atom stereocenters. The van der Waals surface area contributed by atoms with Gasteiger partial charge in [0.1, 0.15) is 6.61 Å². The van der Waals surface area contributed by atoms with E-state index < -0.39 is 0 Å². The number of rotatable bonds is 9. The van der Waals surface area contributed by atoms with Crippen molar-refractivity contribution in [2.75, 3.05) is 39.3 Å². The normalized spacial score (nSPS) is 11.0. The maximum Gasteiger partial charge on any atom is 0.104 e. The number of hydrogen-bond acceptors (Lipinski definition) is 4. The van der Waals surface area contributed by atoms with Crippen molar-refractivity contribution >= 4 is 11.3 Å². The maximum absolute atomic E-state index is 8.72. The summed E-state index contributed by atoms with van der Waals surface area (Å²) in [6, 6.07) is 4.20. The number of hydrogen-bond donors (Lipinski definition) is 1. The Kier molecular flexibility index (Phi) is 9.36. The highest BCUT2D eigenvalue weighted by molar-refractivity contribution is 7.12. The molecule has 0 saturated heterocycles. The molecule has 1 heterocycles. The van der Waals surface area contributed by atoms with Crippen LogP contribution < -0.4 is 0 Å². The van der Waals surface area contributed by atoms with Crippen molar-refractivity contribution in [3.63, 3.8) is 0 Å². The third kappa shape index (κ3) is 7.10. The van der Waals surface area contributed by atoms with Crippen LogP contribution in [0.4, 0.5) is 0 Å². The van der Waals surface area contributed by atoms with E-state index in [0.717, 1.165) is 37.6 Å². The van der Waals surface area contributed by atoms with Gasteiger partial charge in [0.25, 0.3) is 0 Å². The van der Waals surface area contributed by atoms with Gasteiger partial charge in [-0.2, -0.15) is 0 Å². The van der Waals surface area contributed by atoms with Gasteiger partial charge in [-0.05, 0) is 51.3 Å². The van der Waals surface area contributed by atoms with E-state index in [1.54, 1.807) is 11.3 Å². The Morgan fingerprint density at radius 2 is 1.71 bits per heavy atom. The van der Waals surface area contributed by atoms with Crippen molar-refractivity contribution < 1.29 is 5.11 Å². The molecule has 0 atom stereocenters. The van der Waals surface area contributed by atoms with Crippen molar-refractivity contribution in [2.45, 2.75) is 33.7 Å². The van der Waals surface area contributed by atoms with Crippen LogP contribution in [0.25, 0.3) is 0 Å². The summed E-state index contributed by atoms with van der Waals surface area (Å²) < 4.78 is 0. The van der Waals surface area contributed by atoms with Crippen LogP contribution in [0.3, 0.4) is 0 Å². The zero-order valence-corrected chi connectivity index (χ0v) is 14.4. The van der Waals surface area contributed by atoms with Gasteiger partial charge in [-0.3, -0.25) is 4.90 Å². The molecule has 0 amide bonds. The molecular weight excluding hydrogens is 280 g/mol. The van der Waals surface area contributed by atoms with Crippen LogP contribution >= 0.6 is 11.3 Å². The number of aliphatic hydroxyl groups excluding tert-OH is 1. The highest BCUT2D eigenvalue weighted by Gasteiger charge is 2.07. The monoisotopic (exact) mass is 308 g/mol. The van der Waals surface area contributed by atoms with E-state index in [-0.39, 0.29) is 6.61 Å². The molecule has 0 aliphatic rings. The van der Waals surface area contributed by atoms with Crippen molar-refractivity contribution in [3.8, 4) is 11.8 Å². The van der Waals surface area contributed by atoms with Crippen molar-refractivity contribution in [2.24, 2.45) is 0 Å². The highest BCUT2D eigenvalue weighted by atomic mass is 32.1. The van der Waals surface area contributed by atoms with Gasteiger partial charge in [0, 0.05) is 11.4 Å². The molecule has 0 aliphatic carbocycles. The summed E-state index contributed by atoms with van der Waals surface area (Å²) in [5, 5.41) is 8.72. The summed E-state index contributed by atoms with van der Waals surface area (Å²) in [6.45, 7) is 13.3. The summed E-state index contributed by atoms with van der Waals surface area (Å²) in [7, 11) is 0. The van der Waals surface area contributed by atoms with Crippen molar-refractivity contribution in [1.29, 1.82) is 0 Å². The van der Waals surface area contributed by atoms with Crippen LogP contribution in [-0.4, -0.2) is 54.2 Å². The molecule has 1 aromatic rings. The average molecular weight is 308 g/mol. The van der Waals surface area contributed by atoms with E-state index in [4.69, 9.17) is 5.11 Å². The summed E-state index contributed by atoms with van der Waals surface area (Å²) in [4.78, 5) is 7.35. The van der Waals surface area contributed by atoms with Crippen LogP contribution in [0.1, 0.15) is 36.9 Å². The first kappa shape index (κ1) is 18.2. The van der Waals surface area contributed by atoms with Gasteiger partial charge >= 0.3 is 0 Å². The second-order valence-electron chi connectivity index (χ2n) is 4.98. The Balaban J connectivity index is 2.41.